The minimum Gasteiger partial charge on any atom is -0.464 e. The number of benzene rings is 1. The lowest BCUT2D eigenvalue weighted by atomic mass is 10.2. The van der Waals surface area contributed by atoms with E-state index in [1.54, 1.807) is 12.1 Å². The van der Waals surface area contributed by atoms with E-state index in [4.69, 9.17) is 4.42 Å². The maximum Gasteiger partial charge on any atom is 0.411 e. The Morgan fingerprint density at radius 1 is 1.15 bits per heavy atom. The molecule has 0 spiro atoms. The molecule has 1 amide bonds. The van der Waals surface area contributed by atoms with E-state index in [-0.39, 0.29) is 6.04 Å². The first-order valence-corrected chi connectivity index (χ1v) is 6.36. The lowest BCUT2D eigenvalue weighted by molar-refractivity contribution is 0.187. The fourth-order valence-electron chi connectivity index (χ4n) is 1.83. The largest absolute Gasteiger partial charge is 0.464 e. The van der Waals surface area contributed by atoms with Crippen molar-refractivity contribution in [3.05, 3.63) is 47.9 Å². The Hall–Kier alpha value is -2.43. The summed E-state index contributed by atoms with van der Waals surface area (Å²) in [5.74, 6) is 1.78. The molecule has 5 nitrogen and oxygen atoms in total. The van der Waals surface area contributed by atoms with Crippen molar-refractivity contribution in [2.45, 2.75) is 19.9 Å². The maximum absolute atomic E-state index is 11.1. The molecule has 0 aliphatic heterocycles. The summed E-state index contributed by atoms with van der Waals surface area (Å²) in [5, 5.41) is 5.93. The van der Waals surface area contributed by atoms with E-state index in [2.05, 4.69) is 15.4 Å². The summed E-state index contributed by atoms with van der Waals surface area (Å²) in [6.07, 6.45) is -0.481. The number of amides is 1. The number of nitrogens with one attached hydrogen (secondary N) is 2. The van der Waals surface area contributed by atoms with E-state index < -0.39 is 6.09 Å². The zero-order valence-corrected chi connectivity index (χ0v) is 11.8. The number of ether oxygens (including phenoxy) is 1. The van der Waals surface area contributed by atoms with Gasteiger partial charge in [0, 0.05) is 11.4 Å². The number of carbonyl (C=O) groups is 1. The van der Waals surface area contributed by atoms with E-state index in [9.17, 15) is 4.79 Å². The van der Waals surface area contributed by atoms with Crippen LogP contribution in [0.2, 0.25) is 0 Å². The first kappa shape index (κ1) is 14.0. The van der Waals surface area contributed by atoms with Crippen LogP contribution in [0.4, 0.5) is 16.2 Å². The third-order valence-corrected chi connectivity index (χ3v) is 2.89. The summed E-state index contributed by atoms with van der Waals surface area (Å²) in [5.41, 5.74) is 1.63. The molecule has 0 saturated heterocycles. The zero-order valence-electron chi connectivity index (χ0n) is 11.8. The fourth-order valence-corrected chi connectivity index (χ4v) is 1.83. The molecule has 1 atom stereocenters. The van der Waals surface area contributed by atoms with Gasteiger partial charge >= 0.3 is 6.09 Å². The standard InChI is InChI=1S/C15H18N2O3/c1-10-4-9-14(20-10)11(2)16-12-5-7-13(8-6-12)17-15(18)19-3/h4-9,11,16H,1-3H3,(H,17,18). The molecule has 2 N–H and O–H groups in total. The fraction of sp³-hybridized carbons (Fsp3) is 0.267. The van der Waals surface area contributed by atoms with E-state index in [0.717, 1.165) is 17.2 Å². The van der Waals surface area contributed by atoms with Crippen molar-refractivity contribution in [2.75, 3.05) is 17.7 Å². The number of hydrogen-bond donors (Lipinski definition) is 2. The molecule has 0 aliphatic carbocycles. The number of carbonyl (C=O) groups excluding carboxylic acids is 1. The summed E-state index contributed by atoms with van der Waals surface area (Å²) in [7, 11) is 1.33. The SMILES string of the molecule is COC(=O)Nc1ccc(NC(C)c2ccc(C)o2)cc1. The first-order valence-electron chi connectivity index (χ1n) is 6.36. The average molecular weight is 274 g/mol. The van der Waals surface area contributed by atoms with Gasteiger partial charge < -0.3 is 14.5 Å². The van der Waals surface area contributed by atoms with E-state index >= 15 is 0 Å². The number of anilines is 2. The van der Waals surface area contributed by atoms with Crippen molar-refractivity contribution in [3.63, 3.8) is 0 Å². The highest BCUT2D eigenvalue weighted by molar-refractivity contribution is 5.84. The summed E-state index contributed by atoms with van der Waals surface area (Å²) in [6, 6.07) is 11.4. The van der Waals surface area contributed by atoms with Gasteiger partial charge in [-0.2, -0.15) is 0 Å². The minimum absolute atomic E-state index is 0.0723. The molecule has 0 fully saturated rings. The van der Waals surface area contributed by atoms with Gasteiger partial charge in [0.1, 0.15) is 11.5 Å². The highest BCUT2D eigenvalue weighted by atomic mass is 16.5. The topological polar surface area (TPSA) is 63.5 Å². The van der Waals surface area contributed by atoms with Crippen LogP contribution < -0.4 is 10.6 Å². The Bertz CT molecular complexity index is 575. The van der Waals surface area contributed by atoms with Gasteiger partial charge in [0.25, 0.3) is 0 Å². The zero-order chi connectivity index (χ0) is 14.5. The Morgan fingerprint density at radius 3 is 2.35 bits per heavy atom. The molecule has 5 heteroatoms. The van der Waals surface area contributed by atoms with Crippen LogP contribution >= 0.6 is 0 Å². The van der Waals surface area contributed by atoms with Crippen LogP contribution in [0.15, 0.2) is 40.8 Å². The quantitative estimate of drug-likeness (QED) is 0.886. The summed E-state index contributed by atoms with van der Waals surface area (Å²) in [4.78, 5) is 11.1. The monoisotopic (exact) mass is 274 g/mol. The number of rotatable bonds is 4. The molecular formula is C15H18N2O3. The number of hydrogen-bond acceptors (Lipinski definition) is 4. The highest BCUT2D eigenvalue weighted by Gasteiger charge is 2.09. The molecule has 2 aromatic rings. The lowest BCUT2D eigenvalue weighted by Gasteiger charge is -2.13. The van der Waals surface area contributed by atoms with Crippen LogP contribution in [0.3, 0.4) is 0 Å². The molecule has 2 rings (SSSR count). The Kier molecular flexibility index (Phi) is 4.30. The average Bonchev–Trinajstić information content (AvgIpc) is 2.87. The van der Waals surface area contributed by atoms with Crippen LogP contribution in [0.25, 0.3) is 0 Å². The molecule has 1 heterocycles. The predicted octanol–water partition coefficient (Wildman–Crippen LogP) is 3.94. The van der Waals surface area contributed by atoms with E-state index in [1.165, 1.54) is 7.11 Å². The van der Waals surface area contributed by atoms with Crippen LogP contribution in [-0.2, 0) is 4.74 Å². The van der Waals surface area contributed by atoms with Gasteiger partial charge in [0.15, 0.2) is 0 Å². The van der Waals surface area contributed by atoms with Crippen LogP contribution in [0.5, 0.6) is 0 Å². The van der Waals surface area contributed by atoms with Crippen LogP contribution in [-0.4, -0.2) is 13.2 Å². The maximum atomic E-state index is 11.1. The van der Waals surface area contributed by atoms with Crippen LogP contribution in [0.1, 0.15) is 24.5 Å². The van der Waals surface area contributed by atoms with Crippen molar-refractivity contribution >= 4 is 17.5 Å². The third-order valence-electron chi connectivity index (χ3n) is 2.89. The third kappa shape index (κ3) is 3.54. The predicted molar refractivity (Wildman–Crippen MR) is 78.0 cm³/mol. The Labute approximate surface area is 117 Å². The lowest BCUT2D eigenvalue weighted by Crippen LogP contribution is -2.11. The molecule has 106 valence electrons. The molecule has 0 radical (unpaired) electrons. The van der Waals surface area contributed by atoms with E-state index in [1.807, 2.05) is 38.1 Å². The van der Waals surface area contributed by atoms with Gasteiger partial charge in [0.05, 0.1) is 13.2 Å². The summed E-state index contributed by atoms with van der Waals surface area (Å²) < 4.78 is 10.1. The Balaban J connectivity index is 1.98. The molecule has 0 bridgehead atoms. The van der Waals surface area contributed by atoms with Crippen molar-refractivity contribution in [3.8, 4) is 0 Å². The minimum atomic E-state index is -0.481. The second-order valence-corrected chi connectivity index (χ2v) is 4.51. The molecule has 0 aliphatic rings. The molecule has 20 heavy (non-hydrogen) atoms. The smallest absolute Gasteiger partial charge is 0.411 e. The van der Waals surface area contributed by atoms with Gasteiger partial charge in [-0.05, 0) is 50.2 Å². The first-order chi connectivity index (χ1) is 9.58. The second-order valence-electron chi connectivity index (χ2n) is 4.51. The second kappa shape index (κ2) is 6.14. The van der Waals surface area contributed by atoms with Gasteiger partial charge in [-0.15, -0.1) is 0 Å². The normalized spacial score (nSPS) is 11.8. The Morgan fingerprint density at radius 2 is 1.80 bits per heavy atom. The molecule has 0 saturated carbocycles. The van der Waals surface area contributed by atoms with Gasteiger partial charge in [0.2, 0.25) is 0 Å². The number of methoxy groups -OCH3 is 1. The molecule has 1 unspecified atom stereocenters. The van der Waals surface area contributed by atoms with Crippen molar-refractivity contribution in [1.29, 1.82) is 0 Å². The highest BCUT2D eigenvalue weighted by Crippen LogP contribution is 2.22. The molecule has 1 aromatic heterocycles. The molecular weight excluding hydrogens is 256 g/mol. The van der Waals surface area contributed by atoms with Gasteiger partial charge in [-0.3, -0.25) is 5.32 Å². The van der Waals surface area contributed by atoms with Gasteiger partial charge in [-0.1, -0.05) is 0 Å². The molecule has 1 aromatic carbocycles. The number of aryl methyl sites for hydroxylation is 1. The van der Waals surface area contributed by atoms with E-state index in [0.29, 0.717) is 5.69 Å². The van der Waals surface area contributed by atoms with Gasteiger partial charge in [-0.25, -0.2) is 4.79 Å². The van der Waals surface area contributed by atoms with Crippen molar-refractivity contribution < 1.29 is 13.9 Å². The summed E-state index contributed by atoms with van der Waals surface area (Å²) in [6.45, 7) is 3.95. The van der Waals surface area contributed by atoms with Crippen molar-refractivity contribution in [2.24, 2.45) is 0 Å². The number of furan rings is 1. The summed E-state index contributed by atoms with van der Waals surface area (Å²) >= 11 is 0. The van der Waals surface area contributed by atoms with Crippen molar-refractivity contribution in [1.82, 2.24) is 0 Å². The van der Waals surface area contributed by atoms with Crippen LogP contribution in [0, 0.1) is 6.92 Å².